The van der Waals surface area contributed by atoms with Crippen molar-refractivity contribution in [3.63, 3.8) is 0 Å². The topological polar surface area (TPSA) is 152 Å². The lowest BCUT2D eigenvalue weighted by molar-refractivity contribution is 0.0989. The smallest absolute Gasteiger partial charge is 0.252 e. The average molecular weight is 472 g/mol. The zero-order valence-electron chi connectivity index (χ0n) is 18.5. The van der Waals surface area contributed by atoms with E-state index in [1.54, 1.807) is 42.5 Å². The number of hydrogen-bond donors (Lipinski definition) is 4. The molecule has 2 aromatic rings. The number of nitrogen functional groups attached to an aromatic ring is 1. The molecule has 0 unspecified atom stereocenters. The second kappa shape index (κ2) is 10.5. The highest BCUT2D eigenvalue weighted by atomic mass is 32.2. The molecule has 0 aliphatic carbocycles. The second-order valence-electron chi connectivity index (χ2n) is 7.85. The van der Waals surface area contributed by atoms with Gasteiger partial charge in [0.15, 0.2) is 0 Å². The van der Waals surface area contributed by atoms with Gasteiger partial charge in [-0.1, -0.05) is 30.4 Å². The molecule has 0 atom stereocenters. The Hall–Kier alpha value is -3.37. The normalized spacial score (nSPS) is 14.8. The van der Waals surface area contributed by atoms with E-state index >= 15 is 0 Å². The minimum absolute atomic E-state index is 0.0325. The molecule has 9 nitrogen and oxygen atoms in total. The summed E-state index contributed by atoms with van der Waals surface area (Å²) >= 11 is 0. The van der Waals surface area contributed by atoms with Crippen molar-refractivity contribution in [2.75, 3.05) is 30.2 Å². The molecule has 0 saturated carbocycles. The number of anilines is 1. The summed E-state index contributed by atoms with van der Waals surface area (Å²) < 4.78 is 32.2. The van der Waals surface area contributed by atoms with Gasteiger partial charge in [0.2, 0.25) is 10.0 Å². The summed E-state index contributed by atoms with van der Waals surface area (Å²) in [5.41, 5.74) is 12.9. The molecule has 1 aliphatic rings. The van der Waals surface area contributed by atoms with Gasteiger partial charge in [0, 0.05) is 5.56 Å². The van der Waals surface area contributed by atoms with Crippen molar-refractivity contribution >= 4 is 33.5 Å². The fraction of sp³-hybridized carbons (Fsp3) is 0.304. The molecule has 0 spiro atoms. The monoisotopic (exact) mass is 471 g/mol. The number of hydrogen-bond acceptors (Lipinski definition) is 6. The Morgan fingerprint density at radius 3 is 2.58 bits per heavy atom. The maximum Gasteiger partial charge on any atom is 0.252 e. The number of piperidine rings is 1. The maximum atomic E-state index is 12.5. The van der Waals surface area contributed by atoms with Crippen LogP contribution in [0.5, 0.6) is 5.75 Å². The fourth-order valence-electron chi connectivity index (χ4n) is 3.59. The van der Waals surface area contributed by atoms with Gasteiger partial charge in [-0.25, -0.2) is 8.42 Å². The standard InChI is InChI=1S/C23H29N5O4S/c1-33(30,31)28(13-3-5-16-4-2-6-17(14-16)22(24)25)18-7-8-21(20(15-18)23(26)29)32-19-9-11-27-12-10-19/h2-8,14-15,19,27H,9-13H2,1H3,(H3,24,25)(H2,26,29). The van der Waals surface area contributed by atoms with Crippen molar-refractivity contribution in [1.29, 1.82) is 5.41 Å². The molecule has 1 saturated heterocycles. The number of nitrogens with two attached hydrogens (primary N) is 2. The first-order valence-corrected chi connectivity index (χ1v) is 12.4. The minimum Gasteiger partial charge on any atom is -0.489 e. The number of carbonyl (C=O) groups is 1. The van der Waals surface area contributed by atoms with Gasteiger partial charge in [0.1, 0.15) is 17.7 Å². The number of rotatable bonds is 9. The van der Waals surface area contributed by atoms with Crippen molar-refractivity contribution < 1.29 is 17.9 Å². The summed E-state index contributed by atoms with van der Waals surface area (Å²) in [6.45, 7) is 1.70. The lowest BCUT2D eigenvalue weighted by Gasteiger charge is -2.26. The number of nitrogens with one attached hydrogen (secondary N) is 2. The van der Waals surface area contributed by atoms with Gasteiger partial charge in [-0.15, -0.1) is 0 Å². The fourth-order valence-corrected chi connectivity index (χ4v) is 4.44. The molecule has 1 aliphatic heterocycles. The minimum atomic E-state index is -3.65. The van der Waals surface area contributed by atoms with Crippen LogP contribution in [-0.2, 0) is 10.0 Å². The number of primary amides is 1. The maximum absolute atomic E-state index is 12.5. The van der Waals surface area contributed by atoms with E-state index in [1.807, 2.05) is 6.07 Å². The van der Waals surface area contributed by atoms with E-state index in [0.29, 0.717) is 17.0 Å². The quantitative estimate of drug-likeness (QED) is 0.323. The summed E-state index contributed by atoms with van der Waals surface area (Å²) in [4.78, 5) is 12.1. The molecule has 1 amide bonds. The SMILES string of the molecule is CS(=O)(=O)N(CC=Cc1cccc(C(=N)N)c1)c1ccc(OC2CCNCC2)c(C(N)=O)c1. The number of ether oxygens (including phenoxy) is 1. The molecule has 10 heteroatoms. The molecule has 6 N–H and O–H groups in total. The van der Waals surface area contributed by atoms with Gasteiger partial charge in [0.05, 0.1) is 24.1 Å². The Kier molecular flexibility index (Phi) is 7.72. The summed E-state index contributed by atoms with van der Waals surface area (Å²) in [6, 6.07) is 11.7. The molecule has 3 rings (SSSR count). The first-order chi connectivity index (χ1) is 15.6. The highest BCUT2D eigenvalue weighted by molar-refractivity contribution is 7.92. The van der Waals surface area contributed by atoms with Crippen LogP contribution in [0.2, 0.25) is 0 Å². The summed E-state index contributed by atoms with van der Waals surface area (Å²) in [6.07, 6.45) is 6.11. The highest BCUT2D eigenvalue weighted by Crippen LogP contribution is 2.28. The third-order valence-corrected chi connectivity index (χ3v) is 6.44. The van der Waals surface area contributed by atoms with Crippen LogP contribution in [0.1, 0.15) is 34.3 Å². The van der Waals surface area contributed by atoms with Crippen LogP contribution in [0.25, 0.3) is 6.08 Å². The Labute approximate surface area is 194 Å². The number of amidine groups is 1. The van der Waals surface area contributed by atoms with Crippen molar-refractivity contribution in [3.05, 3.63) is 65.2 Å². The molecule has 0 radical (unpaired) electrons. The lowest BCUT2D eigenvalue weighted by Crippen LogP contribution is -2.34. The highest BCUT2D eigenvalue weighted by Gasteiger charge is 2.22. The predicted octanol–water partition coefficient (Wildman–Crippen LogP) is 1.68. The van der Waals surface area contributed by atoms with E-state index in [0.717, 1.165) is 37.8 Å². The van der Waals surface area contributed by atoms with E-state index in [9.17, 15) is 13.2 Å². The van der Waals surface area contributed by atoms with E-state index in [4.69, 9.17) is 21.6 Å². The lowest BCUT2D eigenvalue weighted by atomic mass is 10.1. The van der Waals surface area contributed by atoms with E-state index in [2.05, 4.69) is 5.32 Å². The molecule has 176 valence electrons. The van der Waals surface area contributed by atoms with Gasteiger partial charge >= 0.3 is 0 Å². The number of sulfonamides is 1. The van der Waals surface area contributed by atoms with Crippen LogP contribution in [0, 0.1) is 5.41 Å². The Balaban J connectivity index is 1.84. The largest absolute Gasteiger partial charge is 0.489 e. The second-order valence-corrected chi connectivity index (χ2v) is 9.75. The summed E-state index contributed by atoms with van der Waals surface area (Å²) in [5.74, 6) is -0.386. The van der Waals surface area contributed by atoms with Crippen LogP contribution in [0.3, 0.4) is 0 Å². The molecule has 1 fully saturated rings. The molecule has 0 aromatic heterocycles. The predicted molar refractivity (Wildman–Crippen MR) is 130 cm³/mol. The first kappa shape index (κ1) is 24.3. The average Bonchev–Trinajstić information content (AvgIpc) is 2.77. The summed E-state index contributed by atoms with van der Waals surface area (Å²) in [7, 11) is -3.65. The Bertz CT molecular complexity index is 1160. The summed E-state index contributed by atoms with van der Waals surface area (Å²) in [5, 5.41) is 10.8. The van der Waals surface area contributed by atoms with Gasteiger partial charge in [0.25, 0.3) is 5.91 Å². The Morgan fingerprint density at radius 1 is 1.21 bits per heavy atom. The zero-order valence-corrected chi connectivity index (χ0v) is 19.3. The van der Waals surface area contributed by atoms with Crippen molar-refractivity contribution in [1.82, 2.24) is 5.32 Å². The van der Waals surface area contributed by atoms with Crippen molar-refractivity contribution in [2.45, 2.75) is 18.9 Å². The van der Waals surface area contributed by atoms with Crippen LogP contribution in [0.15, 0.2) is 48.5 Å². The van der Waals surface area contributed by atoms with Gasteiger partial charge < -0.3 is 21.5 Å². The van der Waals surface area contributed by atoms with E-state index in [1.165, 1.54) is 10.4 Å². The van der Waals surface area contributed by atoms with Gasteiger partial charge in [-0.3, -0.25) is 14.5 Å². The number of carbonyl (C=O) groups excluding carboxylic acids is 1. The molecule has 2 aromatic carbocycles. The molecular formula is C23H29N5O4S. The van der Waals surface area contributed by atoms with Crippen LogP contribution < -0.4 is 25.8 Å². The number of amides is 1. The van der Waals surface area contributed by atoms with Crippen molar-refractivity contribution in [2.24, 2.45) is 11.5 Å². The molecule has 1 heterocycles. The number of nitrogens with zero attached hydrogens (tertiary/aromatic N) is 1. The van der Waals surface area contributed by atoms with E-state index < -0.39 is 15.9 Å². The van der Waals surface area contributed by atoms with Gasteiger partial charge in [-0.2, -0.15) is 0 Å². The number of benzene rings is 2. The van der Waals surface area contributed by atoms with E-state index in [-0.39, 0.29) is 24.0 Å². The van der Waals surface area contributed by atoms with Gasteiger partial charge in [-0.05, 0) is 55.8 Å². The first-order valence-electron chi connectivity index (χ1n) is 10.5. The zero-order chi connectivity index (χ0) is 24.0. The van der Waals surface area contributed by atoms with Crippen LogP contribution in [-0.4, -0.2) is 52.2 Å². The van der Waals surface area contributed by atoms with Crippen LogP contribution >= 0.6 is 0 Å². The molecule has 33 heavy (non-hydrogen) atoms. The Morgan fingerprint density at radius 2 is 1.94 bits per heavy atom. The molecular weight excluding hydrogens is 442 g/mol. The third kappa shape index (κ3) is 6.56. The van der Waals surface area contributed by atoms with Crippen LogP contribution in [0.4, 0.5) is 5.69 Å². The molecule has 0 bridgehead atoms. The van der Waals surface area contributed by atoms with Crippen molar-refractivity contribution in [3.8, 4) is 5.75 Å². The third-order valence-electron chi connectivity index (χ3n) is 5.28.